The van der Waals surface area contributed by atoms with E-state index in [2.05, 4.69) is 16.6 Å². The molecular weight excluding hydrogens is 528 g/mol. The quantitative estimate of drug-likeness (QED) is 0.153. The summed E-state index contributed by atoms with van der Waals surface area (Å²) in [6.07, 6.45) is 0. The van der Waals surface area contributed by atoms with E-state index in [4.69, 9.17) is 19.9 Å². The maximum Gasteiger partial charge on any atom is 0.338 e. The Balaban J connectivity index is 0.000000540. The standard InChI is InChI=1S/C8H5F3O3.C6HF5O3S.C4H6O2/c1-14-7-5(10)3(8(12)13)2-4(9)6(7)11;7-1-2(8)4(10)6(15(12,13)14)5(11)3(1)9;5-3-1-2-4-6/h2H,1H3,(H,12,13);(H,12,13,14);5-6H,3-4H2. The van der Waals surface area contributed by atoms with Crippen LogP contribution < -0.4 is 4.74 Å². The number of aromatic carboxylic acids is 1. The molecule has 4 N–H and O–H groups in total. The molecule has 2 aromatic carbocycles. The van der Waals surface area contributed by atoms with Crippen molar-refractivity contribution in [2.24, 2.45) is 0 Å². The molecule has 0 atom stereocenters. The molecule has 0 aliphatic carbocycles. The summed E-state index contributed by atoms with van der Waals surface area (Å²) < 4.78 is 134. The zero-order chi connectivity index (χ0) is 27.7. The lowest BCUT2D eigenvalue weighted by Crippen LogP contribution is -2.11. The van der Waals surface area contributed by atoms with Gasteiger partial charge in [0.05, 0.1) is 7.11 Å². The van der Waals surface area contributed by atoms with Gasteiger partial charge >= 0.3 is 16.1 Å². The van der Waals surface area contributed by atoms with Crippen LogP contribution in [0.15, 0.2) is 11.0 Å². The van der Waals surface area contributed by atoms with Crippen molar-refractivity contribution in [1.29, 1.82) is 0 Å². The molecule has 194 valence electrons. The molecule has 17 heteroatoms. The first-order valence-electron chi connectivity index (χ1n) is 8.19. The number of aliphatic hydroxyl groups is 2. The number of rotatable bonds is 3. The third-order valence-electron chi connectivity index (χ3n) is 3.26. The topological polar surface area (TPSA) is 141 Å². The number of hydrogen-bond acceptors (Lipinski definition) is 6. The van der Waals surface area contributed by atoms with E-state index in [0.29, 0.717) is 0 Å². The van der Waals surface area contributed by atoms with Crippen molar-refractivity contribution in [2.75, 3.05) is 20.3 Å². The minimum absolute atomic E-state index is 0.166. The zero-order valence-electron chi connectivity index (χ0n) is 16.8. The van der Waals surface area contributed by atoms with E-state index in [9.17, 15) is 48.3 Å². The van der Waals surface area contributed by atoms with Crippen LogP contribution in [0.1, 0.15) is 10.4 Å². The van der Waals surface area contributed by atoms with E-state index in [0.717, 1.165) is 7.11 Å². The molecule has 2 aromatic rings. The van der Waals surface area contributed by atoms with E-state index in [1.54, 1.807) is 0 Å². The minimum atomic E-state index is -5.52. The largest absolute Gasteiger partial charge is 0.491 e. The average Bonchev–Trinajstić information content (AvgIpc) is 2.77. The minimum Gasteiger partial charge on any atom is -0.491 e. The summed E-state index contributed by atoms with van der Waals surface area (Å²) in [4.78, 5) is 8.10. The molecule has 2 rings (SSSR count). The number of carboxylic acids is 1. The highest BCUT2D eigenvalue weighted by atomic mass is 32.2. The van der Waals surface area contributed by atoms with Crippen molar-refractivity contribution in [3.8, 4) is 17.6 Å². The summed E-state index contributed by atoms with van der Waals surface area (Å²) in [5.41, 5.74) is -0.972. The Bertz CT molecular complexity index is 1220. The predicted molar refractivity (Wildman–Crippen MR) is 97.8 cm³/mol. The zero-order valence-corrected chi connectivity index (χ0v) is 17.7. The molecule has 0 heterocycles. The summed E-state index contributed by atoms with van der Waals surface area (Å²) >= 11 is 0. The Morgan fingerprint density at radius 2 is 1.23 bits per heavy atom. The van der Waals surface area contributed by atoms with Gasteiger partial charge in [-0.15, -0.1) is 0 Å². The first-order chi connectivity index (χ1) is 16.1. The van der Waals surface area contributed by atoms with E-state index >= 15 is 0 Å². The number of halogens is 8. The monoisotopic (exact) mass is 540 g/mol. The first kappa shape index (κ1) is 31.5. The highest BCUT2D eigenvalue weighted by molar-refractivity contribution is 7.85. The van der Waals surface area contributed by atoms with Gasteiger partial charge in [-0.3, -0.25) is 4.55 Å². The van der Waals surface area contributed by atoms with Gasteiger partial charge in [0.25, 0.3) is 0 Å². The van der Waals surface area contributed by atoms with Crippen LogP contribution in [0.2, 0.25) is 0 Å². The third kappa shape index (κ3) is 8.06. The molecule has 0 saturated heterocycles. The van der Waals surface area contributed by atoms with Crippen molar-refractivity contribution in [3.63, 3.8) is 0 Å². The van der Waals surface area contributed by atoms with Gasteiger partial charge in [0.15, 0.2) is 45.5 Å². The van der Waals surface area contributed by atoms with Crippen LogP contribution in [0, 0.1) is 58.4 Å². The molecular formula is C18H12F8O8S. The van der Waals surface area contributed by atoms with Gasteiger partial charge in [-0.2, -0.15) is 12.8 Å². The van der Waals surface area contributed by atoms with Gasteiger partial charge in [-0.25, -0.2) is 35.5 Å². The van der Waals surface area contributed by atoms with E-state index in [1.807, 2.05) is 0 Å². The number of methoxy groups -OCH3 is 1. The van der Waals surface area contributed by atoms with Crippen molar-refractivity contribution >= 4 is 16.1 Å². The maximum absolute atomic E-state index is 13.1. The van der Waals surface area contributed by atoms with E-state index < -0.39 is 78.8 Å². The van der Waals surface area contributed by atoms with Crippen molar-refractivity contribution in [2.45, 2.75) is 4.90 Å². The second-order valence-electron chi connectivity index (χ2n) is 5.42. The van der Waals surface area contributed by atoms with E-state index in [1.165, 1.54) is 0 Å². The molecule has 0 aromatic heterocycles. The molecule has 0 aliphatic rings. The fourth-order valence-electron chi connectivity index (χ4n) is 1.84. The summed E-state index contributed by atoms with van der Waals surface area (Å²) in [5.74, 6) is -15.3. The number of benzene rings is 2. The molecule has 0 aliphatic heterocycles. The van der Waals surface area contributed by atoms with Gasteiger partial charge in [0.2, 0.25) is 11.6 Å². The van der Waals surface area contributed by atoms with Gasteiger partial charge in [-0.05, 0) is 6.07 Å². The van der Waals surface area contributed by atoms with E-state index in [-0.39, 0.29) is 19.3 Å². The maximum atomic E-state index is 13.1. The Morgan fingerprint density at radius 3 is 1.54 bits per heavy atom. The highest BCUT2D eigenvalue weighted by Crippen LogP contribution is 2.27. The fourth-order valence-corrected chi connectivity index (χ4v) is 2.47. The van der Waals surface area contributed by atoms with Crippen LogP contribution in [0.5, 0.6) is 5.75 Å². The fraction of sp³-hybridized carbons (Fsp3) is 0.167. The lowest BCUT2D eigenvalue weighted by atomic mass is 10.2. The lowest BCUT2D eigenvalue weighted by molar-refractivity contribution is 0.0689. The third-order valence-corrected chi connectivity index (χ3v) is 4.14. The second-order valence-corrected chi connectivity index (χ2v) is 6.77. The first-order valence-corrected chi connectivity index (χ1v) is 9.63. The average molecular weight is 540 g/mol. The van der Waals surface area contributed by atoms with Crippen molar-refractivity contribution < 1.29 is 72.9 Å². The molecule has 0 spiro atoms. The molecule has 0 amide bonds. The Morgan fingerprint density at radius 1 is 0.829 bits per heavy atom. The molecule has 0 radical (unpaired) electrons. The Hall–Kier alpha value is -3.46. The van der Waals surface area contributed by atoms with Gasteiger partial charge in [0.1, 0.15) is 18.8 Å². The summed E-state index contributed by atoms with van der Waals surface area (Å²) in [6.45, 7) is -0.332. The number of carbonyl (C=O) groups is 1. The summed E-state index contributed by atoms with van der Waals surface area (Å²) in [5, 5.41) is 24.2. The van der Waals surface area contributed by atoms with Crippen LogP contribution in [0.25, 0.3) is 0 Å². The van der Waals surface area contributed by atoms with Gasteiger partial charge < -0.3 is 20.1 Å². The van der Waals surface area contributed by atoms with Crippen LogP contribution in [-0.4, -0.2) is 54.6 Å². The normalized spacial score (nSPS) is 10.2. The molecule has 35 heavy (non-hydrogen) atoms. The highest BCUT2D eigenvalue weighted by Gasteiger charge is 2.32. The Labute approximate surface area is 190 Å². The molecule has 8 nitrogen and oxygen atoms in total. The smallest absolute Gasteiger partial charge is 0.338 e. The predicted octanol–water partition coefficient (Wildman–Crippen LogP) is 2.41. The van der Waals surface area contributed by atoms with Crippen LogP contribution in [-0.2, 0) is 10.1 Å². The van der Waals surface area contributed by atoms with Gasteiger partial charge in [0, 0.05) is 0 Å². The van der Waals surface area contributed by atoms with Crippen LogP contribution >= 0.6 is 0 Å². The molecule has 0 bridgehead atoms. The van der Waals surface area contributed by atoms with Crippen molar-refractivity contribution in [1.82, 2.24) is 0 Å². The number of hydrogen-bond donors (Lipinski definition) is 4. The number of aliphatic hydroxyl groups excluding tert-OH is 2. The number of ether oxygens (including phenoxy) is 1. The summed E-state index contributed by atoms with van der Waals surface area (Å²) in [7, 11) is -4.61. The van der Waals surface area contributed by atoms with Crippen LogP contribution in [0.3, 0.4) is 0 Å². The molecule has 0 saturated carbocycles. The SMILES string of the molecule is COc1c(F)c(F)cc(C(=O)O)c1F.O=S(=O)(O)c1c(F)c(F)c(F)c(F)c1F.OCC#CCO. The number of carboxylic acid groups (broad SMARTS) is 1. The molecule has 0 unspecified atom stereocenters. The van der Waals surface area contributed by atoms with Gasteiger partial charge in [-0.1, -0.05) is 11.8 Å². The Kier molecular flexibility index (Phi) is 12.1. The summed E-state index contributed by atoms with van der Waals surface area (Å²) in [6, 6.07) is 0.259. The van der Waals surface area contributed by atoms with Crippen molar-refractivity contribution in [3.05, 3.63) is 58.2 Å². The lowest BCUT2D eigenvalue weighted by Gasteiger charge is -2.06. The second kappa shape index (κ2) is 13.4. The molecule has 0 fully saturated rings. The van der Waals surface area contributed by atoms with Crippen LogP contribution in [0.4, 0.5) is 35.1 Å².